The van der Waals surface area contributed by atoms with Crippen molar-refractivity contribution in [3.8, 4) is 0 Å². The molecule has 5 rings (SSSR count). The zero-order valence-corrected chi connectivity index (χ0v) is 29.4. The highest BCUT2D eigenvalue weighted by Crippen LogP contribution is 2.50. The summed E-state index contributed by atoms with van der Waals surface area (Å²) in [5.74, 6) is -0.371. The number of aliphatic hydroxyl groups excluding tert-OH is 1. The van der Waals surface area contributed by atoms with Gasteiger partial charge in [-0.15, -0.1) is 0 Å². The van der Waals surface area contributed by atoms with Gasteiger partial charge in [-0.05, 0) is 12.5 Å². The Morgan fingerprint density at radius 2 is 1.75 bits per heavy atom. The van der Waals surface area contributed by atoms with Gasteiger partial charge >= 0.3 is 13.4 Å². The van der Waals surface area contributed by atoms with Gasteiger partial charge in [0.1, 0.15) is 30.2 Å². The number of nitrogens with two attached hydrogens (primary N) is 2. The van der Waals surface area contributed by atoms with Crippen LogP contribution in [0.3, 0.4) is 0 Å². The number of ether oxygens (including phenoxy) is 3. The second-order valence-corrected chi connectivity index (χ2v) is 15.3. The van der Waals surface area contributed by atoms with Crippen molar-refractivity contribution in [3.63, 3.8) is 0 Å². The molecule has 2 saturated heterocycles. The number of methoxy groups -OCH3 is 1. The lowest BCUT2D eigenvalue weighted by Crippen LogP contribution is -2.39. The number of hydrogen-bond acceptors (Lipinski definition) is 22. The summed E-state index contributed by atoms with van der Waals surface area (Å²) in [6.45, 7) is -2.57. The van der Waals surface area contributed by atoms with Gasteiger partial charge in [-0.3, -0.25) is 28.0 Å². The Bertz CT molecular complexity index is 1980. The molecule has 2 aliphatic heterocycles. The van der Waals surface area contributed by atoms with Gasteiger partial charge in [-0.1, -0.05) is 0 Å². The van der Waals surface area contributed by atoms with Crippen LogP contribution in [0.1, 0.15) is 25.3 Å². The number of aromatic nitrogens is 6. The van der Waals surface area contributed by atoms with E-state index in [-0.39, 0.29) is 42.3 Å². The topological polar surface area (TPSA) is 391 Å². The summed E-state index contributed by atoms with van der Waals surface area (Å²) >= 11 is 0. The molecule has 0 aromatic carbocycles. The molecule has 2 aliphatic rings. The number of H-pyrrole nitrogens is 1. The monoisotopic (exact) mass is 799 g/mol. The zero-order valence-electron chi connectivity index (χ0n) is 26.7. The SMILES string of the molecule is CO[C@@H]1[C@H](O[P@](=O)(NCCCOP(=O)([O-])[O-])OC[C@@H]2C[C@@H](O)[C@H](n3ccc(N)nc3=O)O2)[C@@H](COP(=O)([O-])[O-])O[C@H]1n1cnc2c(=O)[nH]c(N)nc21. The van der Waals surface area contributed by atoms with Crippen LogP contribution in [0.2, 0.25) is 0 Å². The Hall–Kier alpha value is -3.00. The van der Waals surface area contributed by atoms with E-state index < -0.39 is 97.4 Å². The molecule has 0 saturated carbocycles. The molecule has 7 N–H and O–H groups in total. The fourth-order valence-corrected chi connectivity index (χ4v) is 7.64. The molecule has 0 radical (unpaired) electrons. The van der Waals surface area contributed by atoms with Gasteiger partial charge in [0.05, 0.1) is 47.9 Å². The molecule has 0 bridgehead atoms. The van der Waals surface area contributed by atoms with Crippen molar-refractivity contribution >= 4 is 46.3 Å². The summed E-state index contributed by atoms with van der Waals surface area (Å²) in [5.41, 5.74) is 9.39. The molecule has 26 nitrogen and oxygen atoms in total. The van der Waals surface area contributed by atoms with Crippen LogP contribution in [0, 0.1) is 0 Å². The predicted octanol–water partition coefficient (Wildman–Crippen LogP) is -4.72. The molecule has 29 heteroatoms. The Morgan fingerprint density at radius 3 is 2.42 bits per heavy atom. The quantitative estimate of drug-likeness (QED) is 0.0632. The molecule has 290 valence electrons. The van der Waals surface area contributed by atoms with Crippen molar-refractivity contribution < 1.29 is 70.7 Å². The van der Waals surface area contributed by atoms with Crippen molar-refractivity contribution in [2.24, 2.45) is 0 Å². The van der Waals surface area contributed by atoms with E-state index in [4.69, 9.17) is 34.7 Å². The second kappa shape index (κ2) is 16.2. The number of phosphoric ester groups is 2. The third kappa shape index (κ3) is 9.95. The average Bonchev–Trinajstić information content (AvgIpc) is 3.72. The number of nitrogens with zero attached hydrogens (tertiary/aromatic N) is 5. The highest BCUT2D eigenvalue weighted by molar-refractivity contribution is 7.51. The summed E-state index contributed by atoms with van der Waals surface area (Å²) < 4.78 is 76.2. The number of aromatic amines is 1. The van der Waals surface area contributed by atoms with Crippen molar-refractivity contribution in [1.82, 2.24) is 34.2 Å². The Balaban J connectivity index is 1.40. The van der Waals surface area contributed by atoms with Gasteiger partial charge < -0.3 is 68.5 Å². The number of imidazole rings is 1. The maximum Gasteiger partial charge on any atom is 0.406 e. The van der Waals surface area contributed by atoms with E-state index in [1.165, 1.54) is 23.9 Å². The second-order valence-electron chi connectivity index (χ2n) is 11.2. The number of nitrogen functional groups attached to an aromatic ring is 2. The van der Waals surface area contributed by atoms with Gasteiger partial charge in [-0.25, -0.2) is 19.4 Å². The minimum Gasteiger partial charge on any atom is -0.790 e. The molecule has 0 aliphatic carbocycles. The Kier molecular flexibility index (Phi) is 12.5. The van der Waals surface area contributed by atoms with Crippen molar-refractivity contribution in [1.29, 1.82) is 0 Å². The first-order chi connectivity index (χ1) is 24.4. The minimum atomic E-state index is -5.62. The van der Waals surface area contributed by atoms with Crippen LogP contribution in [0.5, 0.6) is 0 Å². The maximum atomic E-state index is 14.3. The van der Waals surface area contributed by atoms with Gasteiger partial charge in [-0.2, -0.15) is 9.97 Å². The number of anilines is 2. The van der Waals surface area contributed by atoms with E-state index in [1.807, 2.05) is 0 Å². The fourth-order valence-electron chi connectivity index (χ4n) is 5.36. The average molecular weight is 799 g/mol. The molecule has 5 heterocycles. The van der Waals surface area contributed by atoms with Crippen LogP contribution in [0.4, 0.5) is 11.8 Å². The van der Waals surface area contributed by atoms with E-state index >= 15 is 0 Å². The fraction of sp³-hybridized carbons (Fsp3) is 0.609. The van der Waals surface area contributed by atoms with E-state index in [9.17, 15) is 48.0 Å². The molecule has 2 fully saturated rings. The lowest BCUT2D eigenvalue weighted by Gasteiger charge is -2.32. The van der Waals surface area contributed by atoms with E-state index in [0.717, 1.165) is 10.9 Å². The number of rotatable bonds is 17. The van der Waals surface area contributed by atoms with Crippen molar-refractivity contribution in [3.05, 3.63) is 39.4 Å². The standard InChI is InChI=1S/C23H36N9O17P3/c1-43-17-16(13(9-46-52(40,41)42)48-21(17)32-10-26-15-18(32)29-22(25)30-19(15)34)49-50(36,27-4-2-6-44-51(37,38)39)45-8-11-7-12(33)20(47-11)31-5-3-14(24)28-23(31)35/h3,5,10-13,16-17,20-21,33H,2,4,6-9H2,1H3,(H,27,36)(H2,24,28,35)(H2,37,38,39)(H2,40,41,42)(H3,25,29,30,34)/p-4/t11-,12+,13+,16+,17+,20+,21+,50-/m0/s1. The third-order valence-corrected chi connectivity index (χ3v) is 10.1. The molecule has 0 spiro atoms. The zero-order chi connectivity index (χ0) is 38.0. The summed E-state index contributed by atoms with van der Waals surface area (Å²) in [6, 6.07) is 1.30. The van der Waals surface area contributed by atoms with Crippen LogP contribution >= 0.6 is 23.4 Å². The smallest absolute Gasteiger partial charge is 0.406 e. The summed E-state index contributed by atoms with van der Waals surface area (Å²) in [4.78, 5) is 83.2. The molecule has 8 atom stereocenters. The van der Waals surface area contributed by atoms with Gasteiger partial charge in [0, 0.05) is 26.3 Å². The van der Waals surface area contributed by atoms with Crippen LogP contribution in [-0.4, -0.2) is 98.2 Å². The van der Waals surface area contributed by atoms with Gasteiger partial charge in [0.15, 0.2) is 23.6 Å². The first-order valence-electron chi connectivity index (χ1n) is 15.0. The molecule has 0 unspecified atom stereocenters. The summed E-state index contributed by atoms with van der Waals surface area (Å²) in [7, 11) is -14.5. The van der Waals surface area contributed by atoms with Crippen LogP contribution in [0.25, 0.3) is 11.2 Å². The summed E-state index contributed by atoms with van der Waals surface area (Å²) in [5, 5.41) is 13.1. The molecule has 52 heavy (non-hydrogen) atoms. The number of hydrogen-bond donors (Lipinski definition) is 5. The van der Waals surface area contributed by atoms with Crippen molar-refractivity contribution in [2.45, 2.75) is 55.8 Å². The van der Waals surface area contributed by atoms with E-state index in [0.29, 0.717) is 0 Å². The minimum absolute atomic E-state index is 0.0729. The normalized spacial score (nSPS) is 26.6. The predicted molar refractivity (Wildman–Crippen MR) is 163 cm³/mol. The van der Waals surface area contributed by atoms with Gasteiger partial charge in [0.2, 0.25) is 5.95 Å². The molecule has 3 aromatic rings. The largest absolute Gasteiger partial charge is 0.790 e. The Labute approximate surface area is 291 Å². The summed E-state index contributed by atoms with van der Waals surface area (Å²) in [6.07, 6.45) is -7.45. The molecular weight excluding hydrogens is 767 g/mol. The number of aliphatic hydroxyl groups is 1. The molecule has 3 aromatic heterocycles. The highest BCUT2D eigenvalue weighted by atomic mass is 31.2. The number of nitrogens with one attached hydrogen (secondary N) is 2. The molecular formula is C23H32N9O17P3-4. The Morgan fingerprint density at radius 1 is 1.02 bits per heavy atom. The lowest BCUT2D eigenvalue weighted by molar-refractivity contribution is -0.344. The maximum absolute atomic E-state index is 14.3. The first-order valence-corrected chi connectivity index (χ1v) is 19.4. The first kappa shape index (κ1) is 40.2. The van der Waals surface area contributed by atoms with Crippen LogP contribution in [-0.2, 0) is 46.0 Å². The molecule has 0 amide bonds. The number of fused-ring (bicyclic) bond motifs is 1. The van der Waals surface area contributed by atoms with E-state index in [2.05, 4.69) is 34.1 Å². The third-order valence-electron chi connectivity index (χ3n) is 7.54. The lowest BCUT2D eigenvalue weighted by atomic mass is 10.1. The number of phosphoric acid groups is 2. The van der Waals surface area contributed by atoms with E-state index in [1.54, 1.807) is 0 Å². The van der Waals surface area contributed by atoms with Gasteiger partial charge in [0.25, 0.3) is 5.56 Å². The van der Waals surface area contributed by atoms with Crippen LogP contribution < -0.4 is 47.4 Å². The van der Waals surface area contributed by atoms with Crippen molar-refractivity contribution in [2.75, 3.05) is 44.9 Å². The highest BCUT2D eigenvalue weighted by Gasteiger charge is 2.51. The van der Waals surface area contributed by atoms with Crippen LogP contribution in [0.15, 0.2) is 28.2 Å².